The van der Waals surface area contributed by atoms with Gasteiger partial charge in [0.05, 0.1) is 24.4 Å². The first-order valence-corrected chi connectivity index (χ1v) is 9.01. The van der Waals surface area contributed by atoms with E-state index in [1.807, 2.05) is 6.92 Å². The van der Waals surface area contributed by atoms with Gasteiger partial charge in [0.2, 0.25) is 0 Å². The molecule has 2 aromatic rings. The zero-order chi connectivity index (χ0) is 18.7. The molecule has 2 atom stereocenters. The molecule has 2 rings (SSSR count). The minimum Gasteiger partial charge on any atom is -0.462 e. The van der Waals surface area contributed by atoms with Gasteiger partial charge < -0.3 is 9.47 Å². The fraction of sp³-hybridized carbons (Fsp3) is 0.529. The van der Waals surface area contributed by atoms with Crippen LogP contribution in [0.5, 0.6) is 0 Å². The number of aryl methyl sites for hydroxylation is 1. The molecule has 0 saturated carbocycles. The first-order chi connectivity index (χ1) is 11.8. The van der Waals surface area contributed by atoms with Gasteiger partial charge in [-0.25, -0.2) is 14.6 Å². The Bertz CT molecular complexity index is 855. The van der Waals surface area contributed by atoms with Gasteiger partial charge >= 0.3 is 11.9 Å². The molecule has 0 unspecified atom stereocenters. The average Bonchev–Trinajstić information content (AvgIpc) is 2.92. The lowest BCUT2D eigenvalue weighted by molar-refractivity contribution is -0.152. The smallest absolute Gasteiger partial charge is 0.348 e. The maximum Gasteiger partial charge on any atom is 0.348 e. The number of carbonyl (C=O) groups is 2. The number of hydrogen-bond donors (Lipinski definition) is 0. The predicted octanol–water partition coefficient (Wildman–Crippen LogP) is 2.85. The highest BCUT2D eigenvalue weighted by Gasteiger charge is 2.24. The zero-order valence-electron chi connectivity index (χ0n) is 15.0. The van der Waals surface area contributed by atoms with E-state index in [9.17, 15) is 14.4 Å². The highest BCUT2D eigenvalue weighted by atomic mass is 32.1. The van der Waals surface area contributed by atoms with Crippen LogP contribution in [-0.4, -0.2) is 34.2 Å². The van der Waals surface area contributed by atoms with E-state index in [0.29, 0.717) is 27.1 Å². The van der Waals surface area contributed by atoms with Crippen LogP contribution in [0.3, 0.4) is 0 Å². The number of carbonyl (C=O) groups excluding carboxylic acids is 2. The Morgan fingerprint density at radius 1 is 1.32 bits per heavy atom. The van der Waals surface area contributed by atoms with E-state index in [4.69, 9.17) is 9.47 Å². The molecule has 2 heterocycles. The minimum atomic E-state index is -0.802. The predicted molar refractivity (Wildman–Crippen MR) is 95.1 cm³/mol. The van der Waals surface area contributed by atoms with Crippen LogP contribution in [0.15, 0.2) is 11.1 Å². The molecular weight excluding hydrogens is 344 g/mol. The first-order valence-electron chi connectivity index (χ1n) is 8.19. The Hall–Kier alpha value is -2.22. The number of aromatic nitrogens is 2. The Morgan fingerprint density at radius 2 is 2.00 bits per heavy atom. The lowest BCUT2D eigenvalue weighted by Crippen LogP contribution is -2.31. The standard InChI is InChI=1S/C17H22N2O5S/c1-6-9(3)24-16(21)11(5)19-8-18-14-12(15(19)20)10(4)13(25-14)17(22)23-7-2/h8-9,11H,6-7H2,1-5H3/t9-,11-/m1/s1. The molecule has 0 aromatic carbocycles. The number of fused-ring (bicyclic) bond motifs is 1. The van der Waals surface area contributed by atoms with Crippen molar-refractivity contribution in [3.63, 3.8) is 0 Å². The maximum absolute atomic E-state index is 12.8. The lowest BCUT2D eigenvalue weighted by atomic mass is 10.2. The summed E-state index contributed by atoms with van der Waals surface area (Å²) < 4.78 is 11.5. The van der Waals surface area contributed by atoms with Gasteiger partial charge in [-0.3, -0.25) is 9.36 Å². The Kier molecular flexibility index (Phi) is 5.94. The fourth-order valence-electron chi connectivity index (χ4n) is 2.30. The number of thiophene rings is 1. The van der Waals surface area contributed by atoms with Gasteiger partial charge in [0.15, 0.2) is 0 Å². The minimum absolute atomic E-state index is 0.222. The molecule has 0 aliphatic carbocycles. The zero-order valence-corrected chi connectivity index (χ0v) is 15.8. The van der Waals surface area contributed by atoms with Crippen molar-refractivity contribution in [3.05, 3.63) is 27.1 Å². The van der Waals surface area contributed by atoms with E-state index in [1.165, 1.54) is 10.9 Å². The Labute approximate surface area is 149 Å². The van der Waals surface area contributed by atoms with Gasteiger partial charge in [-0.15, -0.1) is 11.3 Å². The van der Waals surface area contributed by atoms with Crippen molar-refractivity contribution in [3.8, 4) is 0 Å². The maximum atomic E-state index is 12.8. The topological polar surface area (TPSA) is 87.5 Å². The normalized spacial score (nSPS) is 13.5. The summed E-state index contributed by atoms with van der Waals surface area (Å²) in [6, 6.07) is -0.802. The molecule has 7 nitrogen and oxygen atoms in total. The molecule has 8 heteroatoms. The molecule has 25 heavy (non-hydrogen) atoms. The van der Waals surface area contributed by atoms with E-state index < -0.39 is 18.0 Å². The third-order valence-corrected chi connectivity index (χ3v) is 5.17. The molecule has 0 saturated heterocycles. The molecule has 2 aromatic heterocycles. The fourth-order valence-corrected chi connectivity index (χ4v) is 3.33. The van der Waals surface area contributed by atoms with E-state index >= 15 is 0 Å². The van der Waals surface area contributed by atoms with Gasteiger partial charge in [0.1, 0.15) is 15.7 Å². The second-order valence-corrected chi connectivity index (χ2v) is 6.74. The second-order valence-electron chi connectivity index (χ2n) is 5.75. The highest BCUT2D eigenvalue weighted by molar-refractivity contribution is 7.20. The molecule has 0 radical (unpaired) electrons. The van der Waals surface area contributed by atoms with E-state index in [0.717, 1.165) is 11.3 Å². The molecule has 0 aliphatic heterocycles. The quantitative estimate of drug-likeness (QED) is 0.731. The van der Waals surface area contributed by atoms with Crippen molar-refractivity contribution in [1.29, 1.82) is 0 Å². The van der Waals surface area contributed by atoms with Gasteiger partial charge in [0, 0.05) is 0 Å². The van der Waals surface area contributed by atoms with Crippen LogP contribution in [0.1, 0.15) is 55.4 Å². The molecule has 0 amide bonds. The van der Waals surface area contributed by atoms with Crippen molar-refractivity contribution >= 4 is 33.5 Å². The lowest BCUT2D eigenvalue weighted by Gasteiger charge is -2.17. The van der Waals surface area contributed by atoms with Crippen LogP contribution in [-0.2, 0) is 14.3 Å². The second kappa shape index (κ2) is 7.77. The van der Waals surface area contributed by atoms with E-state index in [-0.39, 0.29) is 18.3 Å². The molecule has 0 aliphatic rings. The third-order valence-electron chi connectivity index (χ3n) is 3.99. The van der Waals surface area contributed by atoms with Crippen molar-refractivity contribution in [2.45, 2.75) is 53.2 Å². The summed E-state index contributed by atoms with van der Waals surface area (Å²) in [5.41, 5.74) is 0.149. The average molecular weight is 366 g/mol. The summed E-state index contributed by atoms with van der Waals surface area (Å²) in [5, 5.41) is 0.332. The monoisotopic (exact) mass is 366 g/mol. The van der Waals surface area contributed by atoms with Crippen molar-refractivity contribution in [2.75, 3.05) is 6.61 Å². The van der Waals surface area contributed by atoms with E-state index in [1.54, 1.807) is 27.7 Å². The summed E-state index contributed by atoms with van der Waals surface area (Å²) in [5.74, 6) is -0.964. The van der Waals surface area contributed by atoms with Gasteiger partial charge in [-0.1, -0.05) is 6.92 Å². The number of ether oxygens (including phenoxy) is 2. The van der Waals surface area contributed by atoms with Gasteiger partial charge in [-0.2, -0.15) is 0 Å². The largest absolute Gasteiger partial charge is 0.462 e. The molecular formula is C17H22N2O5S. The van der Waals surface area contributed by atoms with Crippen LogP contribution in [0, 0.1) is 6.92 Å². The van der Waals surface area contributed by atoms with Crippen LogP contribution in [0.4, 0.5) is 0 Å². The Balaban J connectivity index is 2.46. The number of esters is 2. The summed E-state index contributed by atoms with van der Waals surface area (Å²) in [4.78, 5) is 42.1. The van der Waals surface area contributed by atoms with E-state index in [2.05, 4.69) is 4.98 Å². The van der Waals surface area contributed by atoms with Gasteiger partial charge in [0.25, 0.3) is 5.56 Å². The van der Waals surface area contributed by atoms with Crippen molar-refractivity contribution < 1.29 is 19.1 Å². The SMILES string of the molecule is CCOC(=O)c1sc2ncn([C@H](C)C(=O)O[C@H](C)CC)c(=O)c2c1C. The number of rotatable bonds is 6. The van der Waals surface area contributed by atoms with Gasteiger partial charge in [-0.05, 0) is 39.7 Å². The molecule has 0 bridgehead atoms. The summed E-state index contributed by atoms with van der Waals surface area (Å²) >= 11 is 1.11. The van der Waals surface area contributed by atoms with Crippen LogP contribution in [0.2, 0.25) is 0 Å². The van der Waals surface area contributed by atoms with Crippen LogP contribution >= 0.6 is 11.3 Å². The summed E-state index contributed by atoms with van der Waals surface area (Å²) in [7, 11) is 0. The molecule has 0 fully saturated rings. The third kappa shape index (κ3) is 3.73. The molecule has 136 valence electrons. The summed E-state index contributed by atoms with van der Waals surface area (Å²) in [6.45, 7) is 8.95. The van der Waals surface area contributed by atoms with Crippen LogP contribution < -0.4 is 5.56 Å². The summed E-state index contributed by atoms with van der Waals surface area (Å²) in [6.07, 6.45) is 1.79. The van der Waals surface area contributed by atoms with Crippen LogP contribution in [0.25, 0.3) is 10.2 Å². The Morgan fingerprint density at radius 3 is 2.60 bits per heavy atom. The highest BCUT2D eigenvalue weighted by Crippen LogP contribution is 2.27. The number of nitrogens with zero attached hydrogens (tertiary/aromatic N) is 2. The molecule has 0 spiro atoms. The first kappa shape index (κ1) is 19.1. The molecule has 0 N–H and O–H groups in total. The van der Waals surface area contributed by atoms with Crippen molar-refractivity contribution in [1.82, 2.24) is 9.55 Å². The van der Waals surface area contributed by atoms with Crippen molar-refractivity contribution in [2.24, 2.45) is 0 Å². The number of hydrogen-bond acceptors (Lipinski definition) is 7.